The molecule has 1 aromatic rings. The molecule has 1 rings (SSSR count). The first-order valence-corrected chi connectivity index (χ1v) is 6.59. The topological polar surface area (TPSA) is 83.9 Å². The van der Waals surface area contributed by atoms with Gasteiger partial charge in [-0.05, 0) is 18.2 Å². The van der Waals surface area contributed by atoms with E-state index in [1.54, 1.807) is 0 Å². The fourth-order valence-corrected chi connectivity index (χ4v) is 2.45. The molecule has 0 bridgehead atoms. The Morgan fingerprint density at radius 3 is 2.68 bits per heavy atom. The molecule has 0 unspecified atom stereocenters. The molecule has 102 valence electrons. The van der Waals surface area contributed by atoms with Crippen molar-refractivity contribution in [3.05, 3.63) is 23.8 Å². The Morgan fingerprint density at radius 2 is 2.16 bits per heavy atom. The average molecular weight is 283 g/mol. The monoisotopic (exact) mass is 283 g/mol. The molecule has 0 heterocycles. The highest BCUT2D eigenvalue weighted by atomic mass is 32.2. The van der Waals surface area contributed by atoms with Crippen LogP contribution in [-0.4, -0.2) is 44.5 Å². The number of nitrogens with zero attached hydrogens (tertiary/aromatic N) is 1. The molecule has 0 saturated heterocycles. The number of carbonyl (C=O) groups excluding carboxylic acids is 1. The Labute approximate surface area is 111 Å². The van der Waals surface area contributed by atoms with Gasteiger partial charge < -0.3 is 9.84 Å². The number of sulfonamides is 1. The van der Waals surface area contributed by atoms with Gasteiger partial charge in [-0.3, -0.25) is 0 Å². The van der Waals surface area contributed by atoms with Crippen molar-refractivity contribution >= 4 is 16.0 Å². The molecule has 0 radical (unpaired) electrons. The number of esters is 1. The first kappa shape index (κ1) is 15.0. The summed E-state index contributed by atoms with van der Waals surface area (Å²) in [6, 6.07) is 3.34. The standard InChI is InChI=1S/C12H13NO5S/c1-4-7-13(2)19(16,17)9-5-6-11(14)10(8-9)12(15)18-3/h1,5-6,8,14H,7H2,2-3H3. The van der Waals surface area contributed by atoms with Crippen LogP contribution in [-0.2, 0) is 14.8 Å². The highest BCUT2D eigenvalue weighted by molar-refractivity contribution is 7.89. The van der Waals surface area contributed by atoms with Crippen LogP contribution in [0.5, 0.6) is 5.75 Å². The Balaban J connectivity index is 3.31. The van der Waals surface area contributed by atoms with Gasteiger partial charge in [0.05, 0.1) is 18.6 Å². The lowest BCUT2D eigenvalue weighted by molar-refractivity contribution is 0.0597. The molecule has 0 atom stereocenters. The number of terminal acetylenes is 1. The third-order valence-electron chi connectivity index (χ3n) is 2.40. The summed E-state index contributed by atoms with van der Waals surface area (Å²) in [5.41, 5.74) is -0.224. The normalized spacial score (nSPS) is 11.1. The Morgan fingerprint density at radius 1 is 1.53 bits per heavy atom. The van der Waals surface area contributed by atoms with Crippen molar-refractivity contribution in [2.24, 2.45) is 0 Å². The molecule has 19 heavy (non-hydrogen) atoms. The van der Waals surface area contributed by atoms with Gasteiger partial charge in [0.2, 0.25) is 10.0 Å². The van der Waals surface area contributed by atoms with E-state index in [9.17, 15) is 18.3 Å². The second kappa shape index (κ2) is 5.73. The quantitative estimate of drug-likeness (QED) is 0.640. The molecule has 0 spiro atoms. The zero-order valence-electron chi connectivity index (χ0n) is 10.5. The largest absolute Gasteiger partial charge is 0.507 e. The summed E-state index contributed by atoms with van der Waals surface area (Å²) in [5, 5.41) is 9.50. The van der Waals surface area contributed by atoms with Crippen molar-refractivity contribution in [1.29, 1.82) is 0 Å². The van der Waals surface area contributed by atoms with Crippen molar-refractivity contribution in [2.45, 2.75) is 4.90 Å². The summed E-state index contributed by atoms with van der Waals surface area (Å²) in [7, 11) is -1.36. The van der Waals surface area contributed by atoms with E-state index in [1.807, 2.05) is 0 Å². The summed E-state index contributed by atoms with van der Waals surface area (Å²) < 4.78 is 29.6. The lowest BCUT2D eigenvalue weighted by Gasteiger charge is -2.15. The van der Waals surface area contributed by atoms with Crippen LogP contribution >= 0.6 is 0 Å². The van der Waals surface area contributed by atoms with Crippen molar-refractivity contribution in [3.63, 3.8) is 0 Å². The van der Waals surface area contributed by atoms with Crippen LogP contribution in [0, 0.1) is 12.3 Å². The number of hydrogen-bond donors (Lipinski definition) is 1. The molecule has 0 aliphatic heterocycles. The van der Waals surface area contributed by atoms with E-state index in [1.165, 1.54) is 13.1 Å². The smallest absolute Gasteiger partial charge is 0.341 e. The summed E-state index contributed by atoms with van der Waals surface area (Å²) >= 11 is 0. The second-order valence-electron chi connectivity index (χ2n) is 3.64. The maximum Gasteiger partial charge on any atom is 0.341 e. The Kier molecular flexibility index (Phi) is 4.53. The highest BCUT2D eigenvalue weighted by Crippen LogP contribution is 2.23. The number of hydrogen-bond acceptors (Lipinski definition) is 5. The van der Waals surface area contributed by atoms with Crippen LogP contribution in [0.15, 0.2) is 23.1 Å². The zero-order chi connectivity index (χ0) is 14.6. The number of rotatable bonds is 4. The van der Waals surface area contributed by atoms with Crippen molar-refractivity contribution < 1.29 is 23.1 Å². The number of methoxy groups -OCH3 is 1. The summed E-state index contributed by atoms with van der Waals surface area (Å²) in [4.78, 5) is 11.2. The Hall–Kier alpha value is -2.04. The van der Waals surface area contributed by atoms with E-state index in [0.717, 1.165) is 23.5 Å². The number of carbonyl (C=O) groups is 1. The number of ether oxygens (including phenoxy) is 1. The van der Waals surface area contributed by atoms with E-state index >= 15 is 0 Å². The predicted octanol–water partition coefficient (Wildman–Crippen LogP) is 0.433. The molecule has 0 aliphatic rings. The fraction of sp³-hybridized carbons (Fsp3) is 0.250. The number of phenolic OH excluding ortho intramolecular Hbond substituents is 1. The third kappa shape index (κ3) is 3.05. The van der Waals surface area contributed by atoms with Gasteiger partial charge in [0, 0.05) is 7.05 Å². The maximum absolute atomic E-state index is 12.1. The number of phenols is 1. The molecule has 0 aliphatic carbocycles. The molecule has 0 amide bonds. The molecule has 0 saturated carbocycles. The van der Waals surface area contributed by atoms with Gasteiger partial charge in [-0.25, -0.2) is 13.2 Å². The lowest BCUT2D eigenvalue weighted by Crippen LogP contribution is -2.27. The van der Waals surface area contributed by atoms with Crippen molar-refractivity contribution in [1.82, 2.24) is 4.31 Å². The predicted molar refractivity (Wildman–Crippen MR) is 68.1 cm³/mol. The van der Waals surface area contributed by atoms with Crippen LogP contribution in [0.25, 0.3) is 0 Å². The minimum atomic E-state index is -3.81. The van der Waals surface area contributed by atoms with E-state index in [-0.39, 0.29) is 22.8 Å². The first-order chi connectivity index (χ1) is 8.84. The number of aromatic hydroxyl groups is 1. The van der Waals surface area contributed by atoms with Crippen LogP contribution < -0.4 is 0 Å². The summed E-state index contributed by atoms with van der Waals surface area (Å²) in [5.74, 6) is 1.03. The molecule has 1 aromatic carbocycles. The summed E-state index contributed by atoms with van der Waals surface area (Å²) in [6.45, 7) is -0.100. The first-order valence-electron chi connectivity index (χ1n) is 5.15. The highest BCUT2D eigenvalue weighted by Gasteiger charge is 2.23. The Bertz CT molecular complexity index is 630. The van der Waals surface area contributed by atoms with Crippen LogP contribution in [0.4, 0.5) is 0 Å². The van der Waals surface area contributed by atoms with Crippen LogP contribution in [0.2, 0.25) is 0 Å². The average Bonchev–Trinajstić information content (AvgIpc) is 2.38. The molecule has 7 heteroatoms. The van der Waals surface area contributed by atoms with E-state index < -0.39 is 16.0 Å². The second-order valence-corrected chi connectivity index (χ2v) is 5.68. The van der Waals surface area contributed by atoms with Gasteiger partial charge in [-0.2, -0.15) is 4.31 Å². The molecule has 0 fully saturated rings. The van der Waals surface area contributed by atoms with Crippen molar-refractivity contribution in [3.8, 4) is 18.1 Å². The van der Waals surface area contributed by atoms with Crippen LogP contribution in [0.1, 0.15) is 10.4 Å². The van der Waals surface area contributed by atoms with Crippen molar-refractivity contribution in [2.75, 3.05) is 20.7 Å². The van der Waals surface area contributed by atoms with E-state index in [0.29, 0.717) is 0 Å². The van der Waals surface area contributed by atoms with Gasteiger partial charge in [-0.1, -0.05) is 5.92 Å². The zero-order valence-corrected chi connectivity index (χ0v) is 11.3. The minimum Gasteiger partial charge on any atom is -0.507 e. The SMILES string of the molecule is C#CCN(C)S(=O)(=O)c1ccc(O)c(C(=O)OC)c1. The lowest BCUT2D eigenvalue weighted by atomic mass is 10.2. The number of benzene rings is 1. The maximum atomic E-state index is 12.1. The molecule has 0 aromatic heterocycles. The van der Waals surface area contributed by atoms with Gasteiger partial charge in [0.15, 0.2) is 0 Å². The van der Waals surface area contributed by atoms with Gasteiger partial charge in [0.25, 0.3) is 0 Å². The van der Waals surface area contributed by atoms with Crippen LogP contribution in [0.3, 0.4) is 0 Å². The molecular weight excluding hydrogens is 270 g/mol. The van der Waals surface area contributed by atoms with Gasteiger partial charge in [0.1, 0.15) is 11.3 Å². The van der Waals surface area contributed by atoms with E-state index in [2.05, 4.69) is 10.7 Å². The summed E-state index contributed by atoms with van der Waals surface area (Å²) in [6.07, 6.45) is 5.06. The van der Waals surface area contributed by atoms with Gasteiger partial charge in [-0.15, -0.1) is 6.42 Å². The third-order valence-corrected chi connectivity index (χ3v) is 4.19. The van der Waals surface area contributed by atoms with Gasteiger partial charge >= 0.3 is 5.97 Å². The minimum absolute atomic E-state index is 0.100. The van der Waals surface area contributed by atoms with E-state index in [4.69, 9.17) is 6.42 Å². The molecule has 6 nitrogen and oxygen atoms in total. The molecule has 1 N–H and O–H groups in total. The molecular formula is C12H13NO5S. The fourth-order valence-electron chi connectivity index (χ4n) is 1.34.